The maximum Gasteiger partial charge on any atom is 0.0633 e. The second-order valence-corrected chi connectivity index (χ2v) is 5.74. The van der Waals surface area contributed by atoms with Gasteiger partial charge in [0, 0.05) is 6.04 Å². The number of aryl methyl sites for hydroxylation is 1. The van der Waals surface area contributed by atoms with Crippen molar-refractivity contribution < 1.29 is 10.2 Å². The maximum absolute atomic E-state index is 9.26. The van der Waals surface area contributed by atoms with E-state index in [2.05, 4.69) is 36.5 Å². The molecule has 1 aliphatic carbocycles. The number of benzene rings is 1. The van der Waals surface area contributed by atoms with Gasteiger partial charge in [-0.2, -0.15) is 0 Å². The quantitative estimate of drug-likeness (QED) is 0.742. The van der Waals surface area contributed by atoms with Crippen molar-refractivity contribution in [3.63, 3.8) is 0 Å². The largest absolute Gasteiger partial charge is 0.394 e. The van der Waals surface area contributed by atoms with Gasteiger partial charge in [-0.15, -0.1) is 0 Å². The SMILES string of the molecule is Cc1ccccc1C1CC(NC(C)(CO)CO)C1. The Morgan fingerprint density at radius 3 is 2.39 bits per heavy atom. The van der Waals surface area contributed by atoms with Crippen molar-refractivity contribution in [2.24, 2.45) is 0 Å². The van der Waals surface area contributed by atoms with E-state index in [1.54, 1.807) is 0 Å². The molecule has 0 bridgehead atoms. The third kappa shape index (κ3) is 2.74. The van der Waals surface area contributed by atoms with Crippen molar-refractivity contribution in [3.05, 3.63) is 35.4 Å². The average molecular weight is 249 g/mol. The maximum atomic E-state index is 9.26. The van der Waals surface area contributed by atoms with Crippen LogP contribution < -0.4 is 5.32 Å². The van der Waals surface area contributed by atoms with E-state index < -0.39 is 5.54 Å². The van der Waals surface area contributed by atoms with Gasteiger partial charge in [0.2, 0.25) is 0 Å². The van der Waals surface area contributed by atoms with Gasteiger partial charge in [0.1, 0.15) is 0 Å². The lowest BCUT2D eigenvalue weighted by Crippen LogP contribution is -2.56. The highest BCUT2D eigenvalue weighted by molar-refractivity contribution is 5.31. The number of aliphatic hydroxyl groups excluding tert-OH is 2. The van der Waals surface area contributed by atoms with Gasteiger partial charge in [-0.25, -0.2) is 0 Å². The molecule has 100 valence electrons. The van der Waals surface area contributed by atoms with Crippen molar-refractivity contribution in [2.45, 2.75) is 44.2 Å². The van der Waals surface area contributed by atoms with Crippen molar-refractivity contribution in [1.29, 1.82) is 0 Å². The van der Waals surface area contributed by atoms with Crippen LogP contribution in [-0.4, -0.2) is 35.0 Å². The van der Waals surface area contributed by atoms with Gasteiger partial charge in [-0.1, -0.05) is 24.3 Å². The van der Waals surface area contributed by atoms with E-state index in [1.807, 2.05) is 6.92 Å². The monoisotopic (exact) mass is 249 g/mol. The zero-order chi connectivity index (χ0) is 13.2. The molecule has 0 unspecified atom stereocenters. The molecule has 3 nitrogen and oxygen atoms in total. The Balaban J connectivity index is 1.90. The minimum Gasteiger partial charge on any atom is -0.394 e. The van der Waals surface area contributed by atoms with Crippen LogP contribution in [-0.2, 0) is 0 Å². The molecule has 3 N–H and O–H groups in total. The highest BCUT2D eigenvalue weighted by atomic mass is 16.3. The smallest absolute Gasteiger partial charge is 0.0633 e. The number of hydrogen-bond donors (Lipinski definition) is 3. The summed E-state index contributed by atoms with van der Waals surface area (Å²) in [5.74, 6) is 0.616. The predicted molar refractivity (Wildman–Crippen MR) is 72.7 cm³/mol. The molecular weight excluding hydrogens is 226 g/mol. The van der Waals surface area contributed by atoms with E-state index in [-0.39, 0.29) is 13.2 Å². The van der Waals surface area contributed by atoms with Crippen LogP contribution in [0.4, 0.5) is 0 Å². The molecule has 1 aromatic rings. The second kappa shape index (κ2) is 5.39. The van der Waals surface area contributed by atoms with Crippen LogP contribution in [0.2, 0.25) is 0 Å². The molecule has 0 heterocycles. The molecule has 0 spiro atoms. The summed E-state index contributed by atoms with van der Waals surface area (Å²) in [6.07, 6.45) is 2.17. The fourth-order valence-corrected chi connectivity index (χ4v) is 2.67. The summed E-state index contributed by atoms with van der Waals surface area (Å²) in [4.78, 5) is 0. The topological polar surface area (TPSA) is 52.5 Å². The van der Waals surface area contributed by atoms with Crippen molar-refractivity contribution >= 4 is 0 Å². The molecule has 0 amide bonds. The zero-order valence-corrected chi connectivity index (χ0v) is 11.2. The summed E-state index contributed by atoms with van der Waals surface area (Å²) in [5.41, 5.74) is 2.24. The van der Waals surface area contributed by atoms with E-state index in [0.717, 1.165) is 12.8 Å². The van der Waals surface area contributed by atoms with Crippen molar-refractivity contribution in [3.8, 4) is 0 Å². The lowest BCUT2D eigenvalue weighted by atomic mass is 9.74. The van der Waals surface area contributed by atoms with Crippen LogP contribution in [0.15, 0.2) is 24.3 Å². The third-order valence-electron chi connectivity index (χ3n) is 4.02. The lowest BCUT2D eigenvalue weighted by molar-refractivity contribution is 0.0779. The first kappa shape index (κ1) is 13.5. The molecule has 0 atom stereocenters. The number of nitrogens with one attached hydrogen (secondary N) is 1. The van der Waals surface area contributed by atoms with E-state index in [0.29, 0.717) is 12.0 Å². The van der Waals surface area contributed by atoms with Crippen LogP contribution in [0, 0.1) is 6.92 Å². The molecule has 3 heteroatoms. The van der Waals surface area contributed by atoms with Gasteiger partial charge in [-0.3, -0.25) is 0 Å². The molecule has 0 saturated heterocycles. The van der Waals surface area contributed by atoms with Gasteiger partial charge in [0.15, 0.2) is 0 Å². The van der Waals surface area contributed by atoms with Gasteiger partial charge in [-0.05, 0) is 43.7 Å². The highest BCUT2D eigenvalue weighted by Crippen LogP contribution is 2.38. The molecule has 0 radical (unpaired) electrons. The van der Waals surface area contributed by atoms with Crippen LogP contribution in [0.5, 0.6) is 0 Å². The highest BCUT2D eigenvalue weighted by Gasteiger charge is 2.35. The minimum absolute atomic E-state index is 0.0327. The predicted octanol–water partition coefficient (Wildman–Crippen LogP) is 1.57. The second-order valence-electron chi connectivity index (χ2n) is 5.74. The minimum atomic E-state index is -0.554. The Morgan fingerprint density at radius 1 is 1.22 bits per heavy atom. The molecule has 1 aliphatic rings. The van der Waals surface area contributed by atoms with E-state index in [1.165, 1.54) is 11.1 Å². The average Bonchev–Trinajstić information content (AvgIpc) is 2.34. The molecule has 18 heavy (non-hydrogen) atoms. The van der Waals surface area contributed by atoms with Crippen LogP contribution in [0.3, 0.4) is 0 Å². The van der Waals surface area contributed by atoms with E-state index >= 15 is 0 Å². The molecule has 1 saturated carbocycles. The van der Waals surface area contributed by atoms with Gasteiger partial charge >= 0.3 is 0 Å². The summed E-state index contributed by atoms with van der Waals surface area (Å²) in [6.45, 7) is 3.94. The fourth-order valence-electron chi connectivity index (χ4n) is 2.67. The molecule has 0 aromatic heterocycles. The van der Waals surface area contributed by atoms with Gasteiger partial charge in [0.25, 0.3) is 0 Å². The number of aliphatic hydroxyl groups is 2. The first-order valence-corrected chi connectivity index (χ1v) is 6.63. The Hall–Kier alpha value is -0.900. The molecule has 1 aromatic carbocycles. The molecule has 2 rings (SSSR count). The summed E-state index contributed by atoms with van der Waals surface area (Å²) in [6, 6.07) is 8.92. The van der Waals surface area contributed by atoms with Crippen LogP contribution in [0.25, 0.3) is 0 Å². The zero-order valence-electron chi connectivity index (χ0n) is 11.2. The first-order chi connectivity index (χ1) is 8.58. The molecule has 1 fully saturated rings. The Labute approximate surface area is 109 Å². The molecule has 0 aliphatic heterocycles. The first-order valence-electron chi connectivity index (χ1n) is 6.63. The summed E-state index contributed by atoms with van der Waals surface area (Å²) < 4.78 is 0. The van der Waals surface area contributed by atoms with Crippen LogP contribution in [0.1, 0.15) is 36.8 Å². The van der Waals surface area contributed by atoms with Crippen LogP contribution >= 0.6 is 0 Å². The summed E-state index contributed by atoms with van der Waals surface area (Å²) >= 11 is 0. The normalized spacial score (nSPS) is 23.8. The molecular formula is C15H23NO2. The summed E-state index contributed by atoms with van der Waals surface area (Å²) in [5, 5.41) is 21.9. The standard InChI is InChI=1S/C15H23NO2/c1-11-5-3-4-6-14(11)12-7-13(8-12)16-15(2,9-17)10-18/h3-6,12-13,16-18H,7-10H2,1-2H3. The Kier molecular flexibility index (Phi) is 4.05. The Morgan fingerprint density at radius 2 is 1.83 bits per heavy atom. The third-order valence-corrected chi connectivity index (χ3v) is 4.02. The van der Waals surface area contributed by atoms with E-state index in [4.69, 9.17) is 0 Å². The Bertz CT molecular complexity index is 395. The number of rotatable bonds is 5. The van der Waals surface area contributed by atoms with Crippen molar-refractivity contribution in [1.82, 2.24) is 5.32 Å². The fraction of sp³-hybridized carbons (Fsp3) is 0.600. The van der Waals surface area contributed by atoms with Gasteiger partial charge in [0.05, 0.1) is 18.8 Å². The van der Waals surface area contributed by atoms with Gasteiger partial charge < -0.3 is 15.5 Å². The van der Waals surface area contributed by atoms with Crippen molar-refractivity contribution in [2.75, 3.05) is 13.2 Å². The summed E-state index contributed by atoms with van der Waals surface area (Å²) in [7, 11) is 0. The van der Waals surface area contributed by atoms with E-state index in [9.17, 15) is 10.2 Å². The lowest BCUT2D eigenvalue weighted by Gasteiger charge is -2.42. The number of hydrogen-bond acceptors (Lipinski definition) is 3.